The fraction of sp³-hybridized carbons (Fsp3) is 0.105. The second-order valence-electron chi connectivity index (χ2n) is 5.89. The smallest absolute Gasteiger partial charge is 0.261 e. The maximum atomic E-state index is 12.4. The van der Waals surface area contributed by atoms with Crippen LogP contribution in [0.3, 0.4) is 0 Å². The van der Waals surface area contributed by atoms with Crippen LogP contribution in [0.1, 0.15) is 25.7 Å². The van der Waals surface area contributed by atoms with Crippen molar-refractivity contribution in [2.24, 2.45) is 0 Å². The first-order valence-electron chi connectivity index (χ1n) is 7.96. The molecule has 2 N–H and O–H groups in total. The lowest BCUT2D eigenvalue weighted by Crippen LogP contribution is -2.31. The van der Waals surface area contributed by atoms with E-state index in [1.54, 1.807) is 30.3 Å². The van der Waals surface area contributed by atoms with E-state index in [9.17, 15) is 19.8 Å². The molecule has 0 atom stereocenters. The molecule has 0 bridgehead atoms. The van der Waals surface area contributed by atoms with E-state index in [-0.39, 0.29) is 29.9 Å². The van der Waals surface area contributed by atoms with E-state index in [0.717, 1.165) is 5.01 Å². The van der Waals surface area contributed by atoms with Gasteiger partial charge in [0.1, 0.15) is 0 Å². The summed E-state index contributed by atoms with van der Waals surface area (Å²) in [4.78, 5) is 30.5. The quantitative estimate of drug-likeness (QED) is 0.547. The highest BCUT2D eigenvalue weighted by molar-refractivity contribution is 7.09. The predicted molar refractivity (Wildman–Crippen MR) is 96.4 cm³/mol. The summed E-state index contributed by atoms with van der Waals surface area (Å²) in [6, 6.07) is 11.3. The van der Waals surface area contributed by atoms with Gasteiger partial charge in [0, 0.05) is 23.9 Å². The maximum absolute atomic E-state index is 12.4. The Morgan fingerprint density at radius 3 is 2.31 bits per heavy atom. The minimum absolute atomic E-state index is 0.185. The first-order valence-corrected chi connectivity index (χ1v) is 8.84. The Morgan fingerprint density at radius 1 is 0.962 bits per heavy atom. The van der Waals surface area contributed by atoms with Gasteiger partial charge in [0.25, 0.3) is 11.8 Å². The fourth-order valence-corrected chi connectivity index (χ4v) is 3.69. The average molecular weight is 366 g/mol. The third-order valence-corrected chi connectivity index (χ3v) is 5.16. The average Bonchev–Trinajstić information content (AvgIpc) is 3.21. The first-order chi connectivity index (χ1) is 12.5. The van der Waals surface area contributed by atoms with Crippen LogP contribution in [0.15, 0.2) is 47.8 Å². The molecule has 1 aliphatic heterocycles. The summed E-state index contributed by atoms with van der Waals surface area (Å²) in [6.07, 6.45) is 0.459. The van der Waals surface area contributed by atoms with Crippen LogP contribution < -0.4 is 0 Å². The zero-order valence-electron chi connectivity index (χ0n) is 13.5. The fourth-order valence-electron chi connectivity index (χ4n) is 2.89. The van der Waals surface area contributed by atoms with Crippen molar-refractivity contribution in [1.29, 1.82) is 0 Å². The SMILES string of the molecule is O=C1c2ccccc2C(=O)N1CCc1nc(-c2ccc(O)c(O)c2)cs1. The minimum Gasteiger partial charge on any atom is -0.504 e. The molecule has 0 spiro atoms. The number of rotatable bonds is 4. The van der Waals surface area contributed by atoms with Crippen molar-refractivity contribution in [2.75, 3.05) is 6.54 Å². The topological polar surface area (TPSA) is 90.7 Å². The third-order valence-electron chi connectivity index (χ3n) is 4.25. The molecule has 1 aromatic heterocycles. The van der Waals surface area contributed by atoms with Crippen molar-refractivity contribution >= 4 is 23.2 Å². The molecule has 6 nitrogen and oxygen atoms in total. The summed E-state index contributed by atoms with van der Waals surface area (Å²) in [6.45, 7) is 0.264. The number of hydrogen-bond donors (Lipinski definition) is 2. The van der Waals surface area contributed by atoms with Gasteiger partial charge in [-0.05, 0) is 30.3 Å². The minimum atomic E-state index is -0.272. The highest BCUT2D eigenvalue weighted by Crippen LogP contribution is 2.31. The highest BCUT2D eigenvalue weighted by atomic mass is 32.1. The Kier molecular flexibility index (Phi) is 3.93. The Balaban J connectivity index is 1.48. The molecule has 7 heteroatoms. The van der Waals surface area contributed by atoms with E-state index in [0.29, 0.717) is 28.8 Å². The molecule has 0 radical (unpaired) electrons. The lowest BCUT2D eigenvalue weighted by molar-refractivity contribution is 0.0656. The van der Waals surface area contributed by atoms with Gasteiger partial charge in [-0.15, -0.1) is 11.3 Å². The van der Waals surface area contributed by atoms with E-state index < -0.39 is 0 Å². The summed E-state index contributed by atoms with van der Waals surface area (Å²) >= 11 is 1.42. The first kappa shape index (κ1) is 16.3. The number of nitrogens with zero attached hydrogens (tertiary/aromatic N) is 2. The van der Waals surface area contributed by atoms with Gasteiger partial charge >= 0.3 is 0 Å². The normalized spacial score (nSPS) is 13.3. The van der Waals surface area contributed by atoms with Gasteiger partial charge in [-0.3, -0.25) is 14.5 Å². The summed E-state index contributed by atoms with van der Waals surface area (Å²) in [7, 11) is 0. The lowest BCUT2D eigenvalue weighted by atomic mass is 10.1. The van der Waals surface area contributed by atoms with Crippen LogP contribution in [0.5, 0.6) is 11.5 Å². The van der Waals surface area contributed by atoms with E-state index in [1.807, 2.05) is 5.38 Å². The van der Waals surface area contributed by atoms with Gasteiger partial charge in [0.2, 0.25) is 0 Å². The summed E-state index contributed by atoms with van der Waals surface area (Å²) in [5.74, 6) is -0.936. The van der Waals surface area contributed by atoms with Crippen molar-refractivity contribution in [3.05, 3.63) is 64.0 Å². The van der Waals surface area contributed by atoms with Crippen molar-refractivity contribution in [2.45, 2.75) is 6.42 Å². The standard InChI is InChI=1S/C19H14N2O4S/c22-15-6-5-11(9-16(15)23)14-10-26-17(20-14)7-8-21-18(24)12-3-1-2-4-13(12)19(21)25/h1-6,9-10,22-23H,7-8H2. The maximum Gasteiger partial charge on any atom is 0.261 e. The number of hydrogen-bond acceptors (Lipinski definition) is 6. The number of thiazole rings is 1. The van der Waals surface area contributed by atoms with Gasteiger partial charge < -0.3 is 10.2 Å². The van der Waals surface area contributed by atoms with Gasteiger partial charge in [0.05, 0.1) is 21.8 Å². The molecule has 2 amide bonds. The van der Waals surface area contributed by atoms with Gasteiger partial charge in [-0.25, -0.2) is 4.98 Å². The number of imide groups is 1. The zero-order valence-corrected chi connectivity index (χ0v) is 14.4. The number of aromatic hydroxyl groups is 2. The number of carbonyl (C=O) groups is 2. The van der Waals surface area contributed by atoms with Crippen LogP contribution >= 0.6 is 11.3 Å². The number of carbonyl (C=O) groups excluding carboxylic acids is 2. The molecule has 0 unspecified atom stereocenters. The molecule has 1 aliphatic rings. The Bertz CT molecular complexity index is 993. The van der Waals surface area contributed by atoms with E-state index >= 15 is 0 Å². The second-order valence-corrected chi connectivity index (χ2v) is 6.83. The van der Waals surface area contributed by atoms with E-state index in [1.165, 1.54) is 28.4 Å². The van der Waals surface area contributed by atoms with Crippen molar-refractivity contribution in [3.63, 3.8) is 0 Å². The molecule has 26 heavy (non-hydrogen) atoms. The molecule has 3 aromatic rings. The summed E-state index contributed by atoms with van der Waals surface area (Å²) < 4.78 is 0. The van der Waals surface area contributed by atoms with Crippen molar-refractivity contribution in [3.8, 4) is 22.8 Å². The number of fused-ring (bicyclic) bond motifs is 1. The van der Waals surface area contributed by atoms with Gasteiger partial charge in [-0.1, -0.05) is 12.1 Å². The molecule has 130 valence electrons. The number of phenols is 2. The largest absolute Gasteiger partial charge is 0.504 e. The molecule has 0 saturated carbocycles. The molecule has 4 rings (SSSR count). The van der Waals surface area contributed by atoms with E-state index in [4.69, 9.17) is 0 Å². The lowest BCUT2D eigenvalue weighted by Gasteiger charge is -2.12. The number of phenolic OH excluding ortho intramolecular Hbond substituents is 2. The Hall–Kier alpha value is -3.19. The molecular formula is C19H14N2O4S. The second kappa shape index (κ2) is 6.27. The van der Waals surface area contributed by atoms with Crippen LogP contribution in [0.25, 0.3) is 11.3 Å². The summed E-state index contributed by atoms with van der Waals surface area (Å²) in [5.41, 5.74) is 2.24. The van der Waals surface area contributed by atoms with E-state index in [2.05, 4.69) is 4.98 Å². The molecule has 2 heterocycles. The van der Waals surface area contributed by atoms with Crippen LogP contribution in [-0.4, -0.2) is 38.5 Å². The van der Waals surface area contributed by atoms with Crippen LogP contribution in [0.4, 0.5) is 0 Å². The van der Waals surface area contributed by atoms with Crippen LogP contribution in [0, 0.1) is 0 Å². The molecule has 2 aromatic carbocycles. The highest BCUT2D eigenvalue weighted by Gasteiger charge is 2.34. The van der Waals surface area contributed by atoms with Gasteiger partial charge in [-0.2, -0.15) is 0 Å². The predicted octanol–water partition coefficient (Wildman–Crippen LogP) is 3.06. The van der Waals surface area contributed by atoms with Crippen molar-refractivity contribution in [1.82, 2.24) is 9.88 Å². The Morgan fingerprint density at radius 2 is 1.65 bits per heavy atom. The molecular weight excluding hydrogens is 352 g/mol. The summed E-state index contributed by atoms with van der Waals surface area (Å²) in [5, 5.41) is 21.6. The Labute approximate surface area is 153 Å². The molecule has 0 saturated heterocycles. The monoisotopic (exact) mass is 366 g/mol. The number of benzene rings is 2. The molecule has 0 fully saturated rings. The number of aromatic nitrogens is 1. The number of amides is 2. The van der Waals surface area contributed by atoms with Crippen LogP contribution in [0.2, 0.25) is 0 Å². The third kappa shape index (κ3) is 2.72. The van der Waals surface area contributed by atoms with Gasteiger partial charge in [0.15, 0.2) is 11.5 Å². The van der Waals surface area contributed by atoms with Crippen molar-refractivity contribution < 1.29 is 19.8 Å². The zero-order chi connectivity index (χ0) is 18.3. The molecule has 0 aliphatic carbocycles. The van der Waals surface area contributed by atoms with Crippen LogP contribution in [-0.2, 0) is 6.42 Å².